The molecule has 1 atom stereocenters. The molecule has 1 fully saturated rings. The van der Waals surface area contributed by atoms with Gasteiger partial charge < -0.3 is 9.47 Å². The summed E-state index contributed by atoms with van der Waals surface area (Å²) in [7, 11) is 0. The van der Waals surface area contributed by atoms with E-state index in [1.807, 2.05) is 19.4 Å². The van der Waals surface area contributed by atoms with Crippen molar-refractivity contribution in [1.29, 1.82) is 0 Å². The van der Waals surface area contributed by atoms with Crippen LogP contribution in [0.3, 0.4) is 0 Å². The average Bonchev–Trinajstić information content (AvgIpc) is 2.73. The monoisotopic (exact) mass is 217 g/mol. The Morgan fingerprint density at radius 1 is 1.38 bits per heavy atom. The van der Waals surface area contributed by atoms with Gasteiger partial charge in [0.1, 0.15) is 6.61 Å². The number of carbonyl (C=O) groups is 1. The topological polar surface area (TPSA) is 35.5 Å². The highest BCUT2D eigenvalue weighted by molar-refractivity contribution is 5.89. The van der Waals surface area contributed by atoms with Gasteiger partial charge in [-0.3, -0.25) is 0 Å². The van der Waals surface area contributed by atoms with E-state index < -0.39 is 0 Å². The molecule has 1 unspecified atom stereocenters. The predicted octanol–water partition coefficient (Wildman–Crippen LogP) is 2.20. The molecule has 0 aliphatic carbocycles. The summed E-state index contributed by atoms with van der Waals surface area (Å²) in [5.41, 5.74) is 0.560. The van der Waals surface area contributed by atoms with Crippen molar-refractivity contribution in [3.63, 3.8) is 0 Å². The van der Waals surface area contributed by atoms with E-state index in [1.165, 1.54) is 0 Å². The fourth-order valence-electron chi connectivity index (χ4n) is 1.47. The summed E-state index contributed by atoms with van der Waals surface area (Å²) >= 11 is 0. The minimum Gasteiger partial charge on any atom is -0.459 e. The van der Waals surface area contributed by atoms with Gasteiger partial charge in [-0.1, -0.05) is 25.1 Å². The van der Waals surface area contributed by atoms with Gasteiger partial charge in [0, 0.05) is 12.3 Å². The van der Waals surface area contributed by atoms with Crippen LogP contribution in [-0.2, 0) is 9.47 Å². The van der Waals surface area contributed by atoms with Crippen molar-refractivity contribution in [2.24, 2.45) is 0 Å². The Balaban J connectivity index is 1.80. The van der Waals surface area contributed by atoms with Crippen molar-refractivity contribution >= 4 is 5.97 Å². The fraction of sp³-hybridized carbons (Fsp3) is 0.231. The molecule has 2 rings (SSSR count). The zero-order valence-corrected chi connectivity index (χ0v) is 9.05. The highest BCUT2D eigenvalue weighted by Crippen LogP contribution is 2.23. The van der Waals surface area contributed by atoms with Gasteiger partial charge in [0.2, 0.25) is 0 Å². The maximum absolute atomic E-state index is 11.6. The Labute approximate surface area is 95.4 Å². The Hall–Kier alpha value is -1.35. The molecule has 1 heterocycles. The number of hydrogen-bond acceptors (Lipinski definition) is 3. The van der Waals surface area contributed by atoms with Crippen molar-refractivity contribution in [1.82, 2.24) is 0 Å². The molecule has 16 heavy (non-hydrogen) atoms. The van der Waals surface area contributed by atoms with Gasteiger partial charge >= 0.3 is 5.97 Å². The smallest absolute Gasteiger partial charge is 0.338 e. The van der Waals surface area contributed by atoms with Crippen LogP contribution in [0.25, 0.3) is 0 Å². The standard InChI is InChI=1S/C13H13O3/c1-10-7-12(15-8-10)9-16-13(14)11-5-3-2-4-6-11/h2-8,12H,9H2,1H3. The molecule has 3 nitrogen and oxygen atoms in total. The second kappa shape index (κ2) is 5.12. The Morgan fingerprint density at radius 3 is 2.75 bits per heavy atom. The van der Waals surface area contributed by atoms with Gasteiger partial charge in [-0.15, -0.1) is 0 Å². The van der Waals surface area contributed by atoms with Gasteiger partial charge in [0.15, 0.2) is 0 Å². The van der Waals surface area contributed by atoms with Crippen LogP contribution in [-0.4, -0.2) is 18.7 Å². The average molecular weight is 217 g/mol. The normalized spacial score (nSPS) is 20.9. The molecule has 3 radical (unpaired) electrons. The second-order valence-corrected chi connectivity index (χ2v) is 3.67. The molecule has 0 bridgehead atoms. The Bertz CT molecular complexity index is 347. The van der Waals surface area contributed by atoms with Crippen molar-refractivity contribution < 1.29 is 14.3 Å². The molecule has 83 valence electrons. The molecule has 0 amide bonds. The quantitative estimate of drug-likeness (QED) is 0.728. The van der Waals surface area contributed by atoms with Crippen molar-refractivity contribution in [3.05, 3.63) is 54.8 Å². The molecule has 1 aliphatic rings. The molecule has 0 N–H and O–H groups in total. The lowest BCUT2D eigenvalue weighted by molar-refractivity contribution is 0.0299. The minimum absolute atomic E-state index is 0.146. The molecule has 1 aromatic carbocycles. The molecule has 0 aromatic heterocycles. The summed E-state index contributed by atoms with van der Waals surface area (Å²) < 4.78 is 10.4. The first kappa shape index (κ1) is 11.1. The number of benzene rings is 1. The molecule has 3 heteroatoms. The van der Waals surface area contributed by atoms with Crippen LogP contribution in [0.2, 0.25) is 0 Å². The lowest BCUT2D eigenvalue weighted by Crippen LogP contribution is -2.18. The maximum atomic E-state index is 11.6. The van der Waals surface area contributed by atoms with E-state index in [4.69, 9.17) is 9.47 Å². The van der Waals surface area contributed by atoms with E-state index in [1.54, 1.807) is 30.9 Å². The summed E-state index contributed by atoms with van der Waals surface area (Å²) in [6.45, 7) is 3.86. The van der Waals surface area contributed by atoms with Gasteiger partial charge in [-0.05, 0) is 12.1 Å². The first-order valence-corrected chi connectivity index (χ1v) is 5.15. The summed E-state index contributed by atoms with van der Waals surface area (Å²) in [5, 5.41) is 0. The van der Waals surface area contributed by atoms with Crippen molar-refractivity contribution in [2.75, 3.05) is 6.61 Å². The summed E-state index contributed by atoms with van der Waals surface area (Å²) in [5.74, 6) is 0.739. The van der Waals surface area contributed by atoms with Crippen LogP contribution in [0.15, 0.2) is 30.3 Å². The van der Waals surface area contributed by atoms with Gasteiger partial charge in [0.05, 0.1) is 18.3 Å². The SMILES string of the molecule is C[C]1[CH]OC(COC(=O)c2ccccc2)[CH]1. The predicted molar refractivity (Wildman–Crippen MR) is 59.1 cm³/mol. The van der Waals surface area contributed by atoms with Gasteiger partial charge in [0.25, 0.3) is 0 Å². The third-order valence-corrected chi connectivity index (χ3v) is 2.27. The van der Waals surface area contributed by atoms with E-state index in [9.17, 15) is 4.79 Å². The summed E-state index contributed by atoms with van der Waals surface area (Å²) in [6.07, 6.45) is 1.78. The third-order valence-electron chi connectivity index (χ3n) is 2.27. The number of rotatable bonds is 3. The van der Waals surface area contributed by atoms with E-state index in [0.29, 0.717) is 5.56 Å². The van der Waals surface area contributed by atoms with Crippen LogP contribution >= 0.6 is 0 Å². The number of hydrogen-bond donors (Lipinski definition) is 0. The second-order valence-electron chi connectivity index (χ2n) is 3.67. The van der Waals surface area contributed by atoms with Gasteiger partial charge in [-0.25, -0.2) is 4.79 Å². The van der Waals surface area contributed by atoms with Gasteiger partial charge in [-0.2, -0.15) is 0 Å². The van der Waals surface area contributed by atoms with E-state index in [2.05, 4.69) is 0 Å². The molecule has 1 saturated heterocycles. The summed E-state index contributed by atoms with van der Waals surface area (Å²) in [4.78, 5) is 11.6. The first-order chi connectivity index (χ1) is 7.75. The lowest BCUT2D eigenvalue weighted by Gasteiger charge is -2.09. The molecule has 0 spiro atoms. The molecule has 1 aliphatic heterocycles. The van der Waals surface area contributed by atoms with Crippen LogP contribution in [0, 0.1) is 18.9 Å². The zero-order chi connectivity index (χ0) is 11.4. The van der Waals surface area contributed by atoms with Crippen LogP contribution in [0.4, 0.5) is 0 Å². The van der Waals surface area contributed by atoms with Crippen molar-refractivity contribution in [3.8, 4) is 0 Å². The van der Waals surface area contributed by atoms with Crippen LogP contribution in [0.1, 0.15) is 17.3 Å². The summed E-state index contributed by atoms with van der Waals surface area (Å²) in [6, 6.07) is 8.93. The number of esters is 1. The Morgan fingerprint density at radius 2 is 2.12 bits per heavy atom. The lowest BCUT2D eigenvalue weighted by atomic mass is 10.1. The van der Waals surface area contributed by atoms with Crippen LogP contribution < -0.4 is 0 Å². The third kappa shape index (κ3) is 2.83. The maximum Gasteiger partial charge on any atom is 0.338 e. The highest BCUT2D eigenvalue weighted by Gasteiger charge is 2.24. The zero-order valence-electron chi connectivity index (χ0n) is 9.05. The molecular formula is C13H13O3. The van der Waals surface area contributed by atoms with E-state index in [0.717, 1.165) is 5.92 Å². The largest absolute Gasteiger partial charge is 0.459 e. The van der Waals surface area contributed by atoms with Crippen molar-refractivity contribution in [2.45, 2.75) is 13.0 Å². The molecular weight excluding hydrogens is 204 g/mol. The van der Waals surface area contributed by atoms with Crippen LogP contribution in [0.5, 0.6) is 0 Å². The highest BCUT2D eigenvalue weighted by atomic mass is 16.6. The van der Waals surface area contributed by atoms with E-state index >= 15 is 0 Å². The minimum atomic E-state index is -0.317. The Kier molecular flexibility index (Phi) is 3.57. The fourth-order valence-corrected chi connectivity index (χ4v) is 1.47. The molecule has 1 aromatic rings. The first-order valence-electron chi connectivity index (χ1n) is 5.15. The molecule has 0 saturated carbocycles. The van der Waals surface area contributed by atoms with E-state index in [-0.39, 0.29) is 18.7 Å². The number of ether oxygens (including phenoxy) is 2. The number of carbonyl (C=O) groups excluding carboxylic acids is 1.